The molecule has 0 bridgehead atoms. The number of rotatable bonds is 4. The molecular weight excluding hydrogens is 174 g/mol. The Kier molecular flexibility index (Phi) is 9.00. The summed E-state index contributed by atoms with van der Waals surface area (Å²) in [4.78, 5) is 0. The van der Waals surface area contributed by atoms with E-state index in [2.05, 4.69) is 18.3 Å². The largest absolute Gasteiger partial charge is 0.383 e. The Balaban J connectivity index is 0.000000791. The number of nitrogens with one attached hydrogen (secondary N) is 1. The Bertz CT molecular complexity index is 154. The lowest BCUT2D eigenvalue weighted by atomic mass is 9.96. The van der Waals surface area contributed by atoms with E-state index in [9.17, 15) is 0 Å². The van der Waals surface area contributed by atoms with Gasteiger partial charge in [-0.3, -0.25) is 0 Å². The summed E-state index contributed by atoms with van der Waals surface area (Å²) >= 11 is 0. The van der Waals surface area contributed by atoms with Crippen LogP contribution >= 0.6 is 0 Å². The molecule has 0 amide bonds. The van der Waals surface area contributed by atoms with Crippen LogP contribution < -0.4 is 5.32 Å². The van der Waals surface area contributed by atoms with Gasteiger partial charge in [0.05, 0.1) is 6.61 Å². The first-order valence-corrected chi connectivity index (χ1v) is 5.71. The van der Waals surface area contributed by atoms with Crippen LogP contribution in [0.3, 0.4) is 0 Å². The normalized spacial score (nSPS) is 20.9. The Morgan fingerprint density at radius 1 is 1.50 bits per heavy atom. The fourth-order valence-corrected chi connectivity index (χ4v) is 1.52. The second-order valence-corrected chi connectivity index (χ2v) is 3.47. The minimum absolute atomic E-state index is 0.684. The fourth-order valence-electron chi connectivity index (χ4n) is 1.52. The zero-order chi connectivity index (χ0) is 10.8. The number of methoxy groups -OCH3 is 1. The summed E-state index contributed by atoms with van der Waals surface area (Å²) in [7, 11) is 1.74. The number of allylic oxidation sites excluding steroid dienone is 1. The van der Waals surface area contributed by atoms with Crippen LogP contribution in [0.25, 0.3) is 0 Å². The van der Waals surface area contributed by atoms with Crippen LogP contribution in [-0.4, -0.2) is 26.3 Å². The Morgan fingerprint density at radius 3 is 2.71 bits per heavy atom. The van der Waals surface area contributed by atoms with Crippen molar-refractivity contribution in [1.82, 2.24) is 5.32 Å². The lowest BCUT2D eigenvalue weighted by Gasteiger charge is -2.21. The molecule has 1 N–H and O–H groups in total. The molecule has 0 fully saturated rings. The molecule has 0 aromatic heterocycles. The third-order valence-electron chi connectivity index (χ3n) is 2.38. The maximum absolute atomic E-state index is 4.98. The highest BCUT2D eigenvalue weighted by atomic mass is 16.5. The Morgan fingerprint density at radius 2 is 2.21 bits per heavy atom. The first-order valence-electron chi connectivity index (χ1n) is 5.71. The molecule has 2 heteroatoms. The monoisotopic (exact) mass is 199 g/mol. The smallest absolute Gasteiger partial charge is 0.0587 e. The van der Waals surface area contributed by atoms with E-state index in [1.165, 1.54) is 19.3 Å². The SMILES string of the molecule is CC.COCCNC1CC=C(C)CC1. The van der Waals surface area contributed by atoms with Crippen molar-refractivity contribution in [3.63, 3.8) is 0 Å². The first kappa shape index (κ1) is 13.7. The molecule has 0 radical (unpaired) electrons. The summed E-state index contributed by atoms with van der Waals surface area (Å²) in [6.07, 6.45) is 6.07. The standard InChI is InChI=1S/C10H19NO.C2H6/c1-9-3-5-10(6-4-9)11-7-8-12-2;1-2/h3,10-11H,4-8H2,1-2H3;1-2H3. The van der Waals surface area contributed by atoms with Crippen molar-refractivity contribution in [2.24, 2.45) is 0 Å². The van der Waals surface area contributed by atoms with Gasteiger partial charge in [-0.2, -0.15) is 0 Å². The quantitative estimate of drug-likeness (QED) is 0.555. The highest BCUT2D eigenvalue weighted by Crippen LogP contribution is 2.16. The summed E-state index contributed by atoms with van der Waals surface area (Å²) in [5, 5.41) is 3.47. The van der Waals surface area contributed by atoms with Crippen LogP contribution in [0, 0.1) is 0 Å². The summed E-state index contributed by atoms with van der Waals surface area (Å²) in [6, 6.07) is 0.684. The molecule has 84 valence electrons. The molecule has 0 saturated carbocycles. The predicted molar refractivity (Wildman–Crippen MR) is 62.6 cm³/mol. The predicted octanol–water partition coefficient (Wildman–Crippen LogP) is 2.75. The Labute approximate surface area is 88.7 Å². The van der Waals surface area contributed by atoms with Crippen molar-refractivity contribution < 1.29 is 4.74 Å². The van der Waals surface area contributed by atoms with E-state index >= 15 is 0 Å². The zero-order valence-electron chi connectivity index (χ0n) is 10.1. The highest BCUT2D eigenvalue weighted by molar-refractivity contribution is 5.04. The van der Waals surface area contributed by atoms with Crippen molar-refractivity contribution in [3.8, 4) is 0 Å². The fraction of sp³-hybridized carbons (Fsp3) is 0.833. The molecule has 0 heterocycles. The van der Waals surface area contributed by atoms with Crippen LogP contribution in [0.5, 0.6) is 0 Å². The topological polar surface area (TPSA) is 21.3 Å². The molecule has 1 unspecified atom stereocenters. The van der Waals surface area contributed by atoms with Crippen molar-refractivity contribution in [3.05, 3.63) is 11.6 Å². The molecule has 0 spiro atoms. The van der Waals surface area contributed by atoms with E-state index < -0.39 is 0 Å². The summed E-state index contributed by atoms with van der Waals surface area (Å²) in [5.41, 5.74) is 1.54. The van der Waals surface area contributed by atoms with Crippen molar-refractivity contribution in [2.45, 2.75) is 46.1 Å². The summed E-state index contributed by atoms with van der Waals surface area (Å²) in [6.45, 7) is 8.01. The highest BCUT2D eigenvalue weighted by Gasteiger charge is 2.10. The molecular formula is C12H25NO. The van der Waals surface area contributed by atoms with Gasteiger partial charge < -0.3 is 10.1 Å². The molecule has 2 nitrogen and oxygen atoms in total. The maximum Gasteiger partial charge on any atom is 0.0587 e. The van der Waals surface area contributed by atoms with Crippen LogP contribution in [0.15, 0.2) is 11.6 Å². The second-order valence-electron chi connectivity index (χ2n) is 3.47. The van der Waals surface area contributed by atoms with Gasteiger partial charge in [-0.1, -0.05) is 25.5 Å². The van der Waals surface area contributed by atoms with Gasteiger partial charge in [0.2, 0.25) is 0 Å². The van der Waals surface area contributed by atoms with Crippen molar-refractivity contribution in [1.29, 1.82) is 0 Å². The van der Waals surface area contributed by atoms with Gasteiger partial charge >= 0.3 is 0 Å². The average molecular weight is 199 g/mol. The molecule has 0 saturated heterocycles. The van der Waals surface area contributed by atoms with Crippen LogP contribution in [0.2, 0.25) is 0 Å². The van der Waals surface area contributed by atoms with Gasteiger partial charge in [0.1, 0.15) is 0 Å². The Hall–Kier alpha value is -0.340. The van der Waals surface area contributed by atoms with Gasteiger partial charge in [-0.15, -0.1) is 0 Å². The van der Waals surface area contributed by atoms with E-state index in [0.717, 1.165) is 13.2 Å². The van der Waals surface area contributed by atoms with Gasteiger partial charge in [0, 0.05) is 19.7 Å². The molecule has 14 heavy (non-hydrogen) atoms. The zero-order valence-corrected chi connectivity index (χ0v) is 10.1. The molecule has 1 rings (SSSR count). The van der Waals surface area contributed by atoms with Gasteiger partial charge in [0.15, 0.2) is 0 Å². The third-order valence-corrected chi connectivity index (χ3v) is 2.38. The average Bonchev–Trinajstić information content (AvgIpc) is 2.24. The van der Waals surface area contributed by atoms with Gasteiger partial charge in [-0.05, 0) is 26.2 Å². The summed E-state index contributed by atoms with van der Waals surface area (Å²) < 4.78 is 4.98. The van der Waals surface area contributed by atoms with Crippen LogP contribution in [-0.2, 0) is 4.74 Å². The third kappa shape index (κ3) is 6.17. The summed E-state index contributed by atoms with van der Waals surface area (Å²) in [5.74, 6) is 0. The molecule has 0 aromatic rings. The number of hydrogen-bond donors (Lipinski definition) is 1. The second kappa shape index (κ2) is 9.22. The molecule has 1 atom stereocenters. The lowest BCUT2D eigenvalue weighted by Crippen LogP contribution is -2.32. The van der Waals surface area contributed by atoms with Crippen molar-refractivity contribution in [2.75, 3.05) is 20.3 Å². The van der Waals surface area contributed by atoms with Crippen molar-refractivity contribution >= 4 is 0 Å². The van der Waals surface area contributed by atoms with Crippen LogP contribution in [0.4, 0.5) is 0 Å². The van der Waals surface area contributed by atoms with E-state index in [4.69, 9.17) is 4.74 Å². The van der Waals surface area contributed by atoms with Crippen LogP contribution in [0.1, 0.15) is 40.0 Å². The minimum atomic E-state index is 0.684. The molecule has 1 aliphatic rings. The number of hydrogen-bond acceptors (Lipinski definition) is 2. The number of ether oxygens (including phenoxy) is 1. The molecule has 1 aliphatic carbocycles. The van der Waals surface area contributed by atoms with E-state index in [1.807, 2.05) is 13.8 Å². The molecule has 0 aromatic carbocycles. The van der Waals surface area contributed by atoms with Gasteiger partial charge in [-0.25, -0.2) is 0 Å². The first-order chi connectivity index (χ1) is 6.83. The van der Waals surface area contributed by atoms with E-state index in [-0.39, 0.29) is 0 Å². The van der Waals surface area contributed by atoms with E-state index in [1.54, 1.807) is 12.7 Å². The molecule has 0 aliphatic heterocycles. The maximum atomic E-state index is 4.98. The lowest BCUT2D eigenvalue weighted by molar-refractivity contribution is 0.194. The van der Waals surface area contributed by atoms with Gasteiger partial charge in [0.25, 0.3) is 0 Å². The minimum Gasteiger partial charge on any atom is -0.383 e. The van der Waals surface area contributed by atoms with E-state index in [0.29, 0.717) is 6.04 Å².